The fourth-order valence-corrected chi connectivity index (χ4v) is 0. The van der Waals surface area contributed by atoms with Gasteiger partial charge in [-0.15, -0.1) is 0 Å². The molecule has 2 heteroatoms. The summed E-state index contributed by atoms with van der Waals surface area (Å²) in [6.45, 7) is 0. The summed E-state index contributed by atoms with van der Waals surface area (Å²) in [6.07, 6.45) is 0.750. The van der Waals surface area contributed by atoms with Crippen molar-refractivity contribution in [1.29, 1.82) is 0 Å². The van der Waals surface area contributed by atoms with Crippen LogP contribution in [0.2, 0.25) is 0 Å². The maximum Gasteiger partial charge on any atom is 0.209 e. The van der Waals surface area contributed by atoms with Gasteiger partial charge >= 0.3 is 0 Å². The third kappa shape index (κ3) is 3.47. The number of carbonyl (C=O) groups is 1. The van der Waals surface area contributed by atoms with Crippen LogP contribution in [-0.4, -0.2) is 25.4 Å². The summed E-state index contributed by atoms with van der Waals surface area (Å²) in [5.41, 5.74) is 0. The fourth-order valence-electron chi connectivity index (χ4n) is 0. The second-order valence-corrected chi connectivity index (χ2v) is 1.07. The molecule has 0 rings (SSSR count). The average Bonchev–Trinajstić information content (AvgIpc) is 1.38. The van der Waals surface area contributed by atoms with Crippen LogP contribution in [0.5, 0.6) is 0 Å². The summed E-state index contributed by atoms with van der Waals surface area (Å²) in [7, 11) is 3.38. The van der Waals surface area contributed by atoms with Crippen LogP contribution >= 0.6 is 0 Å². The maximum absolute atomic E-state index is 9.43. The zero-order valence-corrected chi connectivity index (χ0v) is 3.43. The van der Waals surface area contributed by atoms with Crippen molar-refractivity contribution >= 4 is 6.41 Å². The van der Waals surface area contributed by atoms with Crippen LogP contribution in [0.25, 0.3) is 0 Å². The first-order valence-electron chi connectivity index (χ1n) is 1.39. The monoisotopic (exact) mass is 74.1 g/mol. The van der Waals surface area contributed by atoms with E-state index >= 15 is 0 Å². The molecule has 0 aromatic carbocycles. The Morgan fingerprint density at radius 3 is 1.80 bits per heavy atom. The Hall–Kier alpha value is -0.530. The average molecular weight is 74.1 g/mol. The van der Waals surface area contributed by atoms with Gasteiger partial charge in [-0.05, 0) is 0 Å². The van der Waals surface area contributed by atoms with Crippen LogP contribution in [-0.2, 0) is 4.79 Å². The van der Waals surface area contributed by atoms with Crippen molar-refractivity contribution in [3.05, 3.63) is 0 Å². The maximum atomic E-state index is 9.43. The van der Waals surface area contributed by atoms with E-state index in [4.69, 9.17) is 0 Å². The van der Waals surface area contributed by atoms with E-state index in [1.807, 2.05) is 0 Å². The lowest BCUT2D eigenvalue weighted by Crippen LogP contribution is -2.06. The van der Waals surface area contributed by atoms with Crippen LogP contribution in [0, 0.1) is 0 Å². The van der Waals surface area contributed by atoms with Crippen molar-refractivity contribution in [2.24, 2.45) is 0 Å². The summed E-state index contributed by atoms with van der Waals surface area (Å²) < 4.78 is 0. The van der Waals surface area contributed by atoms with Gasteiger partial charge in [0.05, 0.1) is 0 Å². The fraction of sp³-hybridized carbons (Fsp3) is 0.667. The molecule has 0 aliphatic rings. The number of hydrogen-bond donors (Lipinski definition) is 0. The van der Waals surface area contributed by atoms with E-state index in [1.54, 1.807) is 14.1 Å². The van der Waals surface area contributed by atoms with E-state index in [0.29, 0.717) is 0 Å². The van der Waals surface area contributed by atoms with Crippen LogP contribution in [0.1, 0.15) is 0 Å². The Morgan fingerprint density at radius 1 is 1.60 bits per heavy atom. The summed E-state index contributed by atoms with van der Waals surface area (Å²) in [5.74, 6) is 0. The Balaban J connectivity index is 2.83. The molecule has 0 aliphatic heterocycles. The quantitative estimate of drug-likeness (QED) is 0.391. The third-order valence-electron chi connectivity index (χ3n) is 0.211. The van der Waals surface area contributed by atoms with Crippen molar-refractivity contribution in [1.82, 2.24) is 4.90 Å². The van der Waals surface area contributed by atoms with Gasteiger partial charge in [0.25, 0.3) is 0 Å². The molecule has 0 aromatic heterocycles. The molecule has 0 unspecified atom stereocenters. The Labute approximate surface area is 31.4 Å². The van der Waals surface area contributed by atoms with Gasteiger partial charge in [-0.25, -0.2) is 0 Å². The van der Waals surface area contributed by atoms with Crippen molar-refractivity contribution in [2.45, 2.75) is 0 Å². The number of carbonyl (C=O) groups excluding carboxylic acids is 1. The van der Waals surface area contributed by atoms with Gasteiger partial charge in [0.2, 0.25) is 6.41 Å². The molecular formula is C3H7NO. The number of hydrogen-bond acceptors (Lipinski definition) is 1. The molecule has 0 aliphatic carbocycles. The van der Waals surface area contributed by atoms with Crippen LogP contribution in [0.4, 0.5) is 0 Å². The second kappa shape index (κ2) is 1.76. The van der Waals surface area contributed by atoms with E-state index in [0.717, 1.165) is 6.41 Å². The van der Waals surface area contributed by atoms with Gasteiger partial charge in [0, 0.05) is 14.1 Å². The van der Waals surface area contributed by atoms with Gasteiger partial charge in [-0.3, -0.25) is 4.79 Å². The van der Waals surface area contributed by atoms with Gasteiger partial charge in [-0.2, -0.15) is 0 Å². The van der Waals surface area contributed by atoms with Gasteiger partial charge in [-0.1, -0.05) is 0 Å². The minimum atomic E-state index is 0.750. The lowest BCUT2D eigenvalue weighted by molar-refractivity contribution is -0.115. The third-order valence-corrected chi connectivity index (χ3v) is 0.211. The van der Waals surface area contributed by atoms with Gasteiger partial charge in [0.1, 0.15) is 0 Å². The van der Waals surface area contributed by atoms with E-state index in [-0.39, 0.29) is 0 Å². The van der Waals surface area contributed by atoms with Crippen molar-refractivity contribution in [3.63, 3.8) is 0 Å². The lowest BCUT2D eigenvalue weighted by atomic mass is 11.0. The topological polar surface area (TPSA) is 20.3 Å². The molecule has 0 saturated heterocycles. The molecule has 0 saturated carbocycles. The van der Waals surface area contributed by atoms with E-state index < -0.39 is 0 Å². The molecule has 0 aromatic rings. The normalized spacial score (nSPS) is 6.80. The number of nitrogens with zero attached hydrogens (tertiary/aromatic N) is 1. The molecule has 2 nitrogen and oxygen atoms in total. The number of rotatable bonds is 1. The molecule has 0 bridgehead atoms. The summed E-state index contributed by atoms with van der Waals surface area (Å²) >= 11 is 0. The van der Waals surface area contributed by atoms with Crippen molar-refractivity contribution in [3.8, 4) is 0 Å². The first-order valence-corrected chi connectivity index (χ1v) is 1.39. The van der Waals surface area contributed by atoms with Gasteiger partial charge < -0.3 is 4.90 Å². The van der Waals surface area contributed by atoms with E-state index in [9.17, 15) is 4.79 Å². The highest BCUT2D eigenvalue weighted by atomic mass is 17.1. The molecule has 0 atom stereocenters. The molecule has 0 spiro atoms. The van der Waals surface area contributed by atoms with Crippen molar-refractivity contribution in [2.75, 3.05) is 14.1 Å². The second-order valence-electron chi connectivity index (χ2n) is 1.07. The Bertz CT molecular complexity index is 33.9. The highest BCUT2D eigenvalue weighted by Crippen LogP contribution is 1.52. The highest BCUT2D eigenvalue weighted by molar-refractivity contribution is 5.45. The minimum Gasteiger partial charge on any atom is -0.351 e. The van der Waals surface area contributed by atoms with Crippen LogP contribution in [0.3, 0.4) is 0 Å². The van der Waals surface area contributed by atoms with Crippen LogP contribution in [0.15, 0.2) is 0 Å². The van der Waals surface area contributed by atoms with Crippen LogP contribution < -0.4 is 0 Å². The van der Waals surface area contributed by atoms with Crippen molar-refractivity contribution < 1.29 is 4.79 Å². The molecule has 0 fully saturated rings. The zero-order chi connectivity index (χ0) is 4.28. The largest absolute Gasteiger partial charge is 0.351 e. The van der Waals surface area contributed by atoms with E-state index in [2.05, 4.69) is 0 Å². The Morgan fingerprint density at radius 2 is 1.80 bits per heavy atom. The van der Waals surface area contributed by atoms with E-state index in [1.165, 1.54) is 4.90 Å². The molecule has 1 amide bonds. The molecular weight excluding hydrogens is 67.0 g/mol. The summed E-state index contributed by atoms with van der Waals surface area (Å²) in [5, 5.41) is 0. The first-order chi connectivity index (χ1) is 2.27. The molecule has 5 heavy (non-hydrogen) atoms. The standard InChI is InChI=1S/C3H7NO/c1-4(2)3-5/h3H,1-2H3/i5+1. The minimum absolute atomic E-state index is 0.750. The highest BCUT2D eigenvalue weighted by Gasteiger charge is 1.68. The zero-order valence-electron chi connectivity index (χ0n) is 3.43. The molecule has 0 N–H and O–H groups in total. The van der Waals surface area contributed by atoms with Gasteiger partial charge in [0.15, 0.2) is 0 Å². The first kappa shape index (κ1) is 4.47. The predicted molar refractivity (Wildman–Crippen MR) is 19.8 cm³/mol. The summed E-state index contributed by atoms with van der Waals surface area (Å²) in [4.78, 5) is 10.9. The lowest BCUT2D eigenvalue weighted by Gasteiger charge is -1.93. The smallest absolute Gasteiger partial charge is 0.209 e. The summed E-state index contributed by atoms with van der Waals surface area (Å²) in [6, 6.07) is 0. The molecule has 30 valence electrons. The number of amides is 1. The molecule has 0 heterocycles. The SMILES string of the molecule is CN(C)C=[17O]. The predicted octanol–water partition coefficient (Wildman–Crippen LogP) is -0.296. The molecule has 0 radical (unpaired) electrons. The Kier molecular flexibility index (Phi) is 1.57.